The number of nitrogens with one attached hydrogen (secondary N) is 1. The second kappa shape index (κ2) is 4.34. The van der Waals surface area contributed by atoms with Crippen LogP contribution in [0.25, 0.3) is 0 Å². The molecule has 63 valence electrons. The summed E-state index contributed by atoms with van der Waals surface area (Å²) in [6, 6.07) is 0.383. The summed E-state index contributed by atoms with van der Waals surface area (Å²) < 4.78 is 4.58. The van der Waals surface area contributed by atoms with Crippen molar-refractivity contribution < 1.29 is 9.53 Å². The van der Waals surface area contributed by atoms with Crippen LogP contribution in [0.4, 0.5) is 0 Å². The molecular formula is C8H14NO2. The number of ether oxygens (including phenoxy) is 1. The molecule has 0 unspecified atom stereocenters. The fraction of sp³-hybridized carbons (Fsp3) is 0.750. The third-order valence-electron chi connectivity index (χ3n) is 1.93. The number of hydrogen-bond acceptors (Lipinski definition) is 2. The standard InChI is InChI=1S/C8H14NO2/c1-11-6-8(10)9-7-4-2-3-5-7/h6-7H,2-5H2,1H3,(H,9,10). The summed E-state index contributed by atoms with van der Waals surface area (Å²) >= 11 is 0. The summed E-state index contributed by atoms with van der Waals surface area (Å²) in [5.74, 6) is -0.112. The van der Waals surface area contributed by atoms with E-state index in [4.69, 9.17) is 0 Å². The number of amides is 1. The Bertz CT molecular complexity index is 130. The molecule has 11 heavy (non-hydrogen) atoms. The van der Waals surface area contributed by atoms with E-state index in [1.54, 1.807) is 0 Å². The monoisotopic (exact) mass is 156 g/mol. The first kappa shape index (κ1) is 8.53. The fourth-order valence-corrected chi connectivity index (χ4v) is 1.41. The van der Waals surface area contributed by atoms with Crippen LogP contribution in [0.5, 0.6) is 0 Å². The molecule has 1 amide bonds. The van der Waals surface area contributed by atoms with Crippen molar-refractivity contribution in [2.24, 2.45) is 0 Å². The largest absolute Gasteiger partial charge is 0.368 e. The molecule has 0 atom stereocenters. The van der Waals surface area contributed by atoms with Crippen molar-refractivity contribution in [3.63, 3.8) is 0 Å². The van der Waals surface area contributed by atoms with E-state index < -0.39 is 0 Å². The number of carbonyl (C=O) groups is 1. The smallest absolute Gasteiger partial charge is 0.252 e. The molecule has 1 N–H and O–H groups in total. The van der Waals surface area contributed by atoms with Crippen molar-refractivity contribution in [1.29, 1.82) is 0 Å². The zero-order chi connectivity index (χ0) is 8.10. The van der Waals surface area contributed by atoms with Gasteiger partial charge in [0.1, 0.15) is 0 Å². The molecule has 3 nitrogen and oxygen atoms in total. The Morgan fingerprint density at radius 2 is 2.18 bits per heavy atom. The van der Waals surface area contributed by atoms with Gasteiger partial charge in [0, 0.05) is 13.2 Å². The first-order valence-electron chi connectivity index (χ1n) is 3.99. The molecular weight excluding hydrogens is 142 g/mol. The minimum absolute atomic E-state index is 0.112. The Balaban J connectivity index is 2.13. The van der Waals surface area contributed by atoms with E-state index in [1.165, 1.54) is 26.6 Å². The summed E-state index contributed by atoms with van der Waals surface area (Å²) in [5, 5.41) is 2.86. The highest BCUT2D eigenvalue weighted by Crippen LogP contribution is 2.17. The lowest BCUT2D eigenvalue weighted by Crippen LogP contribution is -2.32. The van der Waals surface area contributed by atoms with E-state index in [0.717, 1.165) is 12.8 Å². The van der Waals surface area contributed by atoms with Crippen molar-refractivity contribution in [2.45, 2.75) is 31.7 Å². The second-order valence-corrected chi connectivity index (χ2v) is 2.84. The highest BCUT2D eigenvalue weighted by molar-refractivity contribution is 5.83. The summed E-state index contributed by atoms with van der Waals surface area (Å²) in [5.41, 5.74) is 0. The first-order valence-corrected chi connectivity index (χ1v) is 3.99. The third-order valence-corrected chi connectivity index (χ3v) is 1.93. The average Bonchev–Trinajstić information content (AvgIpc) is 2.40. The highest BCUT2D eigenvalue weighted by atomic mass is 16.5. The molecule has 3 heteroatoms. The van der Waals surface area contributed by atoms with Crippen LogP contribution in [0, 0.1) is 6.61 Å². The van der Waals surface area contributed by atoms with Gasteiger partial charge in [0.25, 0.3) is 5.91 Å². The molecule has 1 aliphatic carbocycles. The van der Waals surface area contributed by atoms with Crippen LogP contribution in [0.15, 0.2) is 0 Å². The van der Waals surface area contributed by atoms with Crippen LogP contribution in [-0.2, 0) is 9.53 Å². The molecule has 0 aromatic carbocycles. The molecule has 0 saturated heterocycles. The van der Waals surface area contributed by atoms with Gasteiger partial charge in [-0.25, -0.2) is 0 Å². The maximum atomic E-state index is 10.9. The van der Waals surface area contributed by atoms with E-state index in [9.17, 15) is 4.79 Å². The van der Waals surface area contributed by atoms with Crippen LogP contribution in [0.2, 0.25) is 0 Å². The van der Waals surface area contributed by atoms with Gasteiger partial charge in [-0.1, -0.05) is 12.8 Å². The Kier molecular flexibility index (Phi) is 3.36. The lowest BCUT2D eigenvalue weighted by atomic mass is 10.2. The molecule has 0 spiro atoms. The first-order chi connectivity index (χ1) is 5.33. The van der Waals surface area contributed by atoms with Gasteiger partial charge in [0.2, 0.25) is 0 Å². The van der Waals surface area contributed by atoms with Crippen LogP contribution >= 0.6 is 0 Å². The van der Waals surface area contributed by atoms with Gasteiger partial charge >= 0.3 is 0 Å². The molecule has 0 bridgehead atoms. The number of hydrogen-bond donors (Lipinski definition) is 1. The maximum absolute atomic E-state index is 10.9. The highest BCUT2D eigenvalue weighted by Gasteiger charge is 2.16. The van der Waals surface area contributed by atoms with E-state index in [0.29, 0.717) is 6.04 Å². The van der Waals surface area contributed by atoms with Gasteiger partial charge in [-0.3, -0.25) is 4.79 Å². The van der Waals surface area contributed by atoms with E-state index in [1.807, 2.05) is 0 Å². The summed E-state index contributed by atoms with van der Waals surface area (Å²) in [6.07, 6.45) is 4.70. The molecule has 1 rings (SSSR count). The Labute approximate surface area is 67.1 Å². The quantitative estimate of drug-likeness (QED) is 0.658. The summed E-state index contributed by atoms with van der Waals surface area (Å²) in [7, 11) is 1.48. The summed E-state index contributed by atoms with van der Waals surface area (Å²) in [4.78, 5) is 10.9. The molecule has 1 aliphatic rings. The van der Waals surface area contributed by atoms with Gasteiger partial charge in [0.05, 0.1) is 0 Å². The third kappa shape index (κ3) is 2.89. The average molecular weight is 156 g/mol. The van der Waals surface area contributed by atoms with Crippen molar-refractivity contribution in [3.8, 4) is 0 Å². The topological polar surface area (TPSA) is 38.3 Å². The maximum Gasteiger partial charge on any atom is 0.252 e. The van der Waals surface area contributed by atoms with Gasteiger partial charge < -0.3 is 10.1 Å². The van der Waals surface area contributed by atoms with Crippen molar-refractivity contribution in [1.82, 2.24) is 5.32 Å². The molecule has 0 aromatic heterocycles. The molecule has 0 heterocycles. The van der Waals surface area contributed by atoms with Crippen molar-refractivity contribution in [2.75, 3.05) is 7.11 Å². The van der Waals surface area contributed by atoms with Gasteiger partial charge in [-0.15, -0.1) is 0 Å². The van der Waals surface area contributed by atoms with Crippen LogP contribution in [0.1, 0.15) is 25.7 Å². The SMILES string of the molecule is CO[CH]C(=O)NC1CCCC1. The summed E-state index contributed by atoms with van der Waals surface area (Å²) in [6.45, 7) is 1.21. The zero-order valence-corrected chi connectivity index (χ0v) is 6.80. The molecule has 0 aliphatic heterocycles. The molecule has 1 fully saturated rings. The van der Waals surface area contributed by atoms with Gasteiger partial charge in [-0.05, 0) is 12.8 Å². The van der Waals surface area contributed by atoms with E-state index in [-0.39, 0.29) is 5.91 Å². The minimum atomic E-state index is -0.112. The Hall–Kier alpha value is -0.570. The zero-order valence-electron chi connectivity index (χ0n) is 6.80. The normalized spacial score (nSPS) is 18.6. The van der Waals surface area contributed by atoms with Gasteiger partial charge in [-0.2, -0.15) is 0 Å². The number of methoxy groups -OCH3 is 1. The van der Waals surface area contributed by atoms with Crippen molar-refractivity contribution >= 4 is 5.91 Å². The predicted octanol–water partition coefficient (Wildman–Crippen LogP) is 0.853. The van der Waals surface area contributed by atoms with E-state index >= 15 is 0 Å². The molecule has 1 radical (unpaired) electrons. The van der Waals surface area contributed by atoms with Crippen LogP contribution < -0.4 is 5.32 Å². The van der Waals surface area contributed by atoms with Crippen molar-refractivity contribution in [3.05, 3.63) is 6.61 Å². The predicted molar refractivity (Wildman–Crippen MR) is 41.7 cm³/mol. The molecule has 0 aromatic rings. The van der Waals surface area contributed by atoms with Gasteiger partial charge in [0.15, 0.2) is 6.61 Å². The fourth-order valence-electron chi connectivity index (χ4n) is 1.41. The minimum Gasteiger partial charge on any atom is -0.368 e. The Morgan fingerprint density at radius 3 is 2.73 bits per heavy atom. The Morgan fingerprint density at radius 1 is 1.55 bits per heavy atom. The van der Waals surface area contributed by atoms with Crippen LogP contribution in [0.3, 0.4) is 0 Å². The van der Waals surface area contributed by atoms with Crippen LogP contribution in [-0.4, -0.2) is 19.1 Å². The number of carbonyl (C=O) groups excluding carboxylic acids is 1. The lowest BCUT2D eigenvalue weighted by molar-refractivity contribution is -0.121. The lowest BCUT2D eigenvalue weighted by Gasteiger charge is -2.10. The molecule has 1 saturated carbocycles. The number of rotatable bonds is 3. The van der Waals surface area contributed by atoms with E-state index in [2.05, 4.69) is 10.1 Å². The second-order valence-electron chi connectivity index (χ2n) is 2.84.